The molecular weight excluding hydrogens is 156 g/mol. The van der Waals surface area contributed by atoms with Crippen LogP contribution in [0.2, 0.25) is 0 Å². The summed E-state index contributed by atoms with van der Waals surface area (Å²) in [5.41, 5.74) is 0.410. The molecule has 0 fully saturated rings. The predicted molar refractivity (Wildman–Crippen MR) is 47.2 cm³/mol. The predicted octanol–water partition coefficient (Wildman–Crippen LogP) is 2.82. The molecule has 0 atom stereocenters. The van der Waals surface area contributed by atoms with Crippen LogP contribution in [0, 0.1) is 0 Å². The molecule has 0 heterocycles. The largest absolute Gasteiger partial charge is 0.506 e. The zero-order valence-corrected chi connectivity index (χ0v) is 8.05. The van der Waals surface area contributed by atoms with Gasteiger partial charge in [-0.25, -0.2) is 4.79 Å². The van der Waals surface area contributed by atoms with Crippen molar-refractivity contribution in [3.05, 3.63) is 11.6 Å². The van der Waals surface area contributed by atoms with Crippen molar-refractivity contribution in [2.24, 2.45) is 0 Å². The van der Waals surface area contributed by atoms with Gasteiger partial charge in [-0.3, -0.25) is 0 Å². The van der Waals surface area contributed by atoms with Gasteiger partial charge in [-0.2, -0.15) is 0 Å². The number of carboxylic acid groups (broad SMARTS) is 1. The van der Waals surface area contributed by atoms with Crippen LogP contribution in [0.25, 0.3) is 0 Å². The van der Waals surface area contributed by atoms with Gasteiger partial charge in [0.2, 0.25) is 0 Å². The highest BCUT2D eigenvalue weighted by Gasteiger charge is 2.19. The van der Waals surface area contributed by atoms with Crippen LogP contribution in [0.3, 0.4) is 0 Å². The van der Waals surface area contributed by atoms with E-state index in [0.717, 1.165) is 12.0 Å². The zero-order chi connectivity index (χ0) is 9.78. The topological polar surface area (TPSA) is 46.5 Å². The Morgan fingerprint density at radius 3 is 2.42 bits per heavy atom. The van der Waals surface area contributed by atoms with Crippen molar-refractivity contribution >= 4 is 6.16 Å². The van der Waals surface area contributed by atoms with Crippen molar-refractivity contribution in [2.45, 2.75) is 39.7 Å². The first kappa shape index (κ1) is 11.0. The van der Waals surface area contributed by atoms with E-state index in [1.807, 2.05) is 19.9 Å². The fraction of sp³-hybridized carbons (Fsp3) is 0.667. The molecule has 70 valence electrons. The maximum absolute atomic E-state index is 10.2. The van der Waals surface area contributed by atoms with E-state index in [-0.39, 0.29) is 0 Å². The molecule has 0 saturated carbocycles. The van der Waals surface area contributed by atoms with Gasteiger partial charge >= 0.3 is 6.16 Å². The van der Waals surface area contributed by atoms with E-state index >= 15 is 0 Å². The Bertz CT molecular complexity index is 192. The zero-order valence-electron chi connectivity index (χ0n) is 8.05. The number of ether oxygens (including phenoxy) is 1. The minimum absolute atomic E-state index is 0.716. The number of hydrogen-bond acceptors (Lipinski definition) is 2. The van der Waals surface area contributed by atoms with E-state index < -0.39 is 11.8 Å². The number of rotatable bonds is 3. The third-order valence-electron chi connectivity index (χ3n) is 1.50. The molecule has 3 heteroatoms. The van der Waals surface area contributed by atoms with Gasteiger partial charge in [-0.05, 0) is 33.3 Å². The molecule has 0 aliphatic heterocycles. The fourth-order valence-electron chi connectivity index (χ4n) is 0.950. The minimum Gasteiger partial charge on any atom is -0.450 e. The van der Waals surface area contributed by atoms with E-state index in [2.05, 4.69) is 4.74 Å². The van der Waals surface area contributed by atoms with Crippen LogP contribution in [-0.2, 0) is 4.74 Å². The normalized spacial score (nSPS) is 12.8. The Balaban J connectivity index is 4.30. The second kappa shape index (κ2) is 4.14. The molecule has 0 amide bonds. The summed E-state index contributed by atoms with van der Waals surface area (Å²) in [7, 11) is 0. The van der Waals surface area contributed by atoms with E-state index in [0.29, 0.717) is 0 Å². The smallest absolute Gasteiger partial charge is 0.450 e. The first-order valence-electron chi connectivity index (χ1n) is 3.97. The standard InChI is InChI=1S/C9H16O3/c1-5-7(2)6-9(3,4)12-8(10)11/h6H,5H2,1-4H3,(H,10,11). The highest BCUT2D eigenvalue weighted by molar-refractivity contribution is 5.57. The van der Waals surface area contributed by atoms with Crippen LogP contribution in [0.15, 0.2) is 11.6 Å². The molecule has 0 spiro atoms. The van der Waals surface area contributed by atoms with E-state index in [9.17, 15) is 4.79 Å². The summed E-state index contributed by atoms with van der Waals surface area (Å²) >= 11 is 0. The minimum atomic E-state index is -1.24. The SMILES string of the molecule is CCC(C)=CC(C)(C)OC(=O)O. The quantitative estimate of drug-likeness (QED) is 0.526. The second-order valence-corrected chi connectivity index (χ2v) is 3.32. The van der Waals surface area contributed by atoms with Crippen LogP contribution in [0.1, 0.15) is 34.1 Å². The Morgan fingerprint density at radius 1 is 1.58 bits per heavy atom. The van der Waals surface area contributed by atoms with Gasteiger partial charge in [-0.15, -0.1) is 0 Å². The summed E-state index contributed by atoms with van der Waals surface area (Å²) < 4.78 is 4.65. The molecule has 0 rings (SSSR count). The lowest BCUT2D eigenvalue weighted by molar-refractivity contribution is 0.0303. The first-order chi connectivity index (χ1) is 5.37. The molecule has 0 bridgehead atoms. The van der Waals surface area contributed by atoms with Gasteiger partial charge in [0.25, 0.3) is 0 Å². The van der Waals surface area contributed by atoms with Gasteiger partial charge in [0.05, 0.1) is 0 Å². The van der Waals surface area contributed by atoms with E-state index in [4.69, 9.17) is 5.11 Å². The van der Waals surface area contributed by atoms with E-state index in [1.165, 1.54) is 0 Å². The van der Waals surface area contributed by atoms with Crippen LogP contribution >= 0.6 is 0 Å². The second-order valence-electron chi connectivity index (χ2n) is 3.32. The molecule has 12 heavy (non-hydrogen) atoms. The number of carbonyl (C=O) groups is 1. The third kappa shape index (κ3) is 4.77. The van der Waals surface area contributed by atoms with Gasteiger partial charge in [-0.1, -0.05) is 12.5 Å². The molecule has 0 aliphatic rings. The lowest BCUT2D eigenvalue weighted by Gasteiger charge is -2.19. The van der Waals surface area contributed by atoms with Gasteiger partial charge in [0, 0.05) is 0 Å². The molecule has 0 aromatic rings. The van der Waals surface area contributed by atoms with Crippen LogP contribution in [0.4, 0.5) is 4.79 Å². The van der Waals surface area contributed by atoms with Gasteiger partial charge < -0.3 is 9.84 Å². The summed E-state index contributed by atoms with van der Waals surface area (Å²) in [6.45, 7) is 7.41. The van der Waals surface area contributed by atoms with Crippen LogP contribution in [0.5, 0.6) is 0 Å². The molecule has 0 unspecified atom stereocenters. The van der Waals surface area contributed by atoms with Gasteiger partial charge in [0.1, 0.15) is 5.60 Å². The lowest BCUT2D eigenvalue weighted by Crippen LogP contribution is -2.24. The number of hydrogen-bond donors (Lipinski definition) is 1. The maximum Gasteiger partial charge on any atom is 0.506 e. The summed E-state index contributed by atoms with van der Waals surface area (Å²) in [6, 6.07) is 0. The third-order valence-corrected chi connectivity index (χ3v) is 1.50. The fourth-order valence-corrected chi connectivity index (χ4v) is 0.950. The summed E-state index contributed by atoms with van der Waals surface area (Å²) in [5.74, 6) is 0. The summed E-state index contributed by atoms with van der Waals surface area (Å²) in [5, 5.41) is 8.38. The summed E-state index contributed by atoms with van der Waals surface area (Å²) in [6.07, 6.45) is 1.49. The molecule has 0 aromatic heterocycles. The van der Waals surface area contributed by atoms with Crippen molar-refractivity contribution in [1.82, 2.24) is 0 Å². The molecule has 0 aromatic carbocycles. The van der Waals surface area contributed by atoms with Crippen molar-refractivity contribution in [3.8, 4) is 0 Å². The molecule has 0 saturated heterocycles. The molecule has 1 N–H and O–H groups in total. The van der Waals surface area contributed by atoms with Crippen molar-refractivity contribution < 1.29 is 14.6 Å². The summed E-state index contributed by atoms with van der Waals surface area (Å²) in [4.78, 5) is 10.2. The van der Waals surface area contributed by atoms with Crippen molar-refractivity contribution in [2.75, 3.05) is 0 Å². The van der Waals surface area contributed by atoms with Crippen LogP contribution in [-0.4, -0.2) is 16.9 Å². The Morgan fingerprint density at radius 2 is 2.08 bits per heavy atom. The van der Waals surface area contributed by atoms with Crippen LogP contribution < -0.4 is 0 Å². The Labute approximate surface area is 73.0 Å². The van der Waals surface area contributed by atoms with Crippen molar-refractivity contribution in [3.63, 3.8) is 0 Å². The Kier molecular flexibility index (Phi) is 3.80. The first-order valence-corrected chi connectivity index (χ1v) is 3.97. The number of allylic oxidation sites excluding steroid dienone is 1. The molecular formula is C9H16O3. The molecule has 0 aliphatic carbocycles. The highest BCUT2D eigenvalue weighted by atomic mass is 16.7. The van der Waals surface area contributed by atoms with Crippen molar-refractivity contribution in [1.29, 1.82) is 0 Å². The average Bonchev–Trinajstić information content (AvgIpc) is 1.83. The van der Waals surface area contributed by atoms with Gasteiger partial charge in [0.15, 0.2) is 0 Å². The molecule has 3 nitrogen and oxygen atoms in total. The Hall–Kier alpha value is -0.990. The maximum atomic E-state index is 10.2. The highest BCUT2D eigenvalue weighted by Crippen LogP contribution is 2.15. The monoisotopic (exact) mass is 172 g/mol. The molecule has 0 radical (unpaired) electrons. The lowest BCUT2D eigenvalue weighted by atomic mass is 10.0. The van der Waals surface area contributed by atoms with E-state index in [1.54, 1.807) is 13.8 Å². The average molecular weight is 172 g/mol.